The number of rotatable bonds is 5. The summed E-state index contributed by atoms with van der Waals surface area (Å²) in [4.78, 5) is 10.8. The maximum atomic E-state index is 10.8. The van der Waals surface area contributed by atoms with Crippen LogP contribution in [0.25, 0.3) is 0 Å². The van der Waals surface area contributed by atoms with Gasteiger partial charge in [-0.15, -0.1) is 0 Å². The van der Waals surface area contributed by atoms with Gasteiger partial charge >= 0.3 is 5.97 Å². The minimum absolute atomic E-state index is 0.154. The van der Waals surface area contributed by atoms with Crippen molar-refractivity contribution in [3.8, 4) is 0 Å². The van der Waals surface area contributed by atoms with Crippen LogP contribution in [-0.4, -0.2) is 33.4 Å². The van der Waals surface area contributed by atoms with Gasteiger partial charge in [-0.3, -0.25) is 9.48 Å². The van der Waals surface area contributed by atoms with Crippen LogP contribution in [0.3, 0.4) is 0 Å². The van der Waals surface area contributed by atoms with E-state index in [0.717, 1.165) is 31.5 Å². The van der Waals surface area contributed by atoms with Crippen LogP contribution in [0.4, 0.5) is 0 Å². The highest BCUT2D eigenvalue weighted by Gasteiger charge is 2.35. The molecular weight excluding hydrogens is 206 g/mol. The lowest BCUT2D eigenvalue weighted by molar-refractivity contribution is -0.146. The van der Waals surface area contributed by atoms with Gasteiger partial charge in [0, 0.05) is 32.3 Å². The molecule has 1 aromatic rings. The lowest BCUT2D eigenvalue weighted by Gasteiger charge is -2.34. The van der Waals surface area contributed by atoms with Crippen LogP contribution in [-0.2, 0) is 18.3 Å². The number of carboxylic acid groups (broad SMARTS) is 1. The largest absolute Gasteiger partial charge is 0.481 e. The van der Waals surface area contributed by atoms with Gasteiger partial charge in [-0.2, -0.15) is 5.10 Å². The summed E-state index contributed by atoms with van der Waals surface area (Å²) in [7, 11) is 1.89. The van der Waals surface area contributed by atoms with E-state index in [1.54, 1.807) is 4.68 Å². The summed E-state index contributed by atoms with van der Waals surface area (Å²) in [6.45, 7) is 0.797. The number of nitrogens with one attached hydrogen (secondary N) is 1. The number of aliphatic carboxylic acids is 1. The molecule has 1 saturated carbocycles. The highest BCUT2D eigenvalue weighted by Crippen LogP contribution is 2.27. The molecule has 88 valence electrons. The molecule has 2 N–H and O–H groups in total. The number of nitrogens with zero attached hydrogens (tertiary/aromatic N) is 2. The zero-order chi connectivity index (χ0) is 11.5. The Morgan fingerprint density at radius 1 is 1.69 bits per heavy atom. The first-order valence-electron chi connectivity index (χ1n) is 5.61. The van der Waals surface area contributed by atoms with Crippen LogP contribution in [0.1, 0.15) is 18.5 Å². The van der Waals surface area contributed by atoms with Crippen LogP contribution in [0.5, 0.6) is 0 Å². The highest BCUT2D eigenvalue weighted by molar-refractivity contribution is 5.72. The smallest absolute Gasteiger partial charge is 0.308 e. The Kier molecular flexibility index (Phi) is 3.24. The SMILES string of the molecule is Cn1ccc(CCNC2CCC2C(=O)O)n1. The molecule has 16 heavy (non-hydrogen) atoms. The third-order valence-corrected chi connectivity index (χ3v) is 3.15. The van der Waals surface area contributed by atoms with Crippen LogP contribution in [0.2, 0.25) is 0 Å². The normalized spacial score (nSPS) is 24.1. The molecule has 5 heteroatoms. The third-order valence-electron chi connectivity index (χ3n) is 3.15. The Labute approximate surface area is 94.5 Å². The van der Waals surface area contributed by atoms with Crippen molar-refractivity contribution >= 4 is 5.97 Å². The Balaban J connectivity index is 1.70. The van der Waals surface area contributed by atoms with Crippen LogP contribution in [0.15, 0.2) is 12.3 Å². The number of carboxylic acids is 1. The van der Waals surface area contributed by atoms with Gasteiger partial charge in [0.1, 0.15) is 0 Å². The quantitative estimate of drug-likeness (QED) is 0.759. The average molecular weight is 223 g/mol. The molecule has 0 amide bonds. The van der Waals surface area contributed by atoms with E-state index in [1.807, 2.05) is 19.3 Å². The van der Waals surface area contributed by atoms with Gasteiger partial charge in [-0.1, -0.05) is 0 Å². The number of aryl methyl sites for hydroxylation is 1. The van der Waals surface area contributed by atoms with E-state index in [0.29, 0.717) is 0 Å². The van der Waals surface area contributed by atoms with Crippen molar-refractivity contribution in [3.05, 3.63) is 18.0 Å². The molecule has 1 fully saturated rings. The van der Waals surface area contributed by atoms with Crippen molar-refractivity contribution in [2.24, 2.45) is 13.0 Å². The van der Waals surface area contributed by atoms with E-state index in [-0.39, 0.29) is 12.0 Å². The first-order valence-corrected chi connectivity index (χ1v) is 5.61. The summed E-state index contributed by atoms with van der Waals surface area (Å²) in [5, 5.41) is 16.4. The Morgan fingerprint density at radius 2 is 2.50 bits per heavy atom. The van der Waals surface area contributed by atoms with Crippen molar-refractivity contribution in [2.75, 3.05) is 6.54 Å². The van der Waals surface area contributed by atoms with Crippen molar-refractivity contribution in [2.45, 2.75) is 25.3 Å². The van der Waals surface area contributed by atoms with Crippen LogP contribution >= 0.6 is 0 Å². The number of aromatic nitrogens is 2. The maximum absolute atomic E-state index is 10.8. The van der Waals surface area contributed by atoms with E-state index in [9.17, 15) is 4.79 Å². The summed E-state index contributed by atoms with van der Waals surface area (Å²) in [6.07, 6.45) is 4.54. The lowest BCUT2D eigenvalue weighted by atomic mass is 9.79. The van der Waals surface area contributed by atoms with Crippen molar-refractivity contribution in [1.29, 1.82) is 0 Å². The molecule has 0 saturated heterocycles. The minimum Gasteiger partial charge on any atom is -0.481 e. The van der Waals surface area contributed by atoms with E-state index in [2.05, 4.69) is 10.4 Å². The van der Waals surface area contributed by atoms with Crippen molar-refractivity contribution < 1.29 is 9.90 Å². The summed E-state index contributed by atoms with van der Waals surface area (Å²) in [6, 6.07) is 2.14. The average Bonchev–Trinajstić information content (AvgIpc) is 2.56. The molecule has 0 aromatic carbocycles. The van der Waals surface area contributed by atoms with E-state index >= 15 is 0 Å². The van der Waals surface area contributed by atoms with E-state index in [1.165, 1.54) is 0 Å². The fourth-order valence-corrected chi connectivity index (χ4v) is 2.02. The molecule has 0 bridgehead atoms. The fourth-order valence-electron chi connectivity index (χ4n) is 2.02. The van der Waals surface area contributed by atoms with Gasteiger partial charge in [-0.05, 0) is 18.9 Å². The Hall–Kier alpha value is -1.36. The fraction of sp³-hybridized carbons (Fsp3) is 0.636. The second-order valence-electron chi connectivity index (χ2n) is 4.31. The topological polar surface area (TPSA) is 67.2 Å². The molecule has 1 aliphatic carbocycles. The highest BCUT2D eigenvalue weighted by atomic mass is 16.4. The van der Waals surface area contributed by atoms with Crippen molar-refractivity contribution in [1.82, 2.24) is 15.1 Å². The predicted molar refractivity (Wildman–Crippen MR) is 59.1 cm³/mol. The molecule has 1 heterocycles. The minimum atomic E-state index is -0.679. The van der Waals surface area contributed by atoms with E-state index in [4.69, 9.17) is 5.11 Å². The monoisotopic (exact) mass is 223 g/mol. The summed E-state index contributed by atoms with van der Waals surface area (Å²) in [5.41, 5.74) is 1.04. The predicted octanol–water partition coefficient (Wildman–Crippen LogP) is 0.415. The number of carbonyl (C=O) groups is 1. The van der Waals surface area contributed by atoms with Gasteiger partial charge in [-0.25, -0.2) is 0 Å². The van der Waals surface area contributed by atoms with Crippen LogP contribution < -0.4 is 5.32 Å². The number of hydrogen-bond donors (Lipinski definition) is 2. The lowest BCUT2D eigenvalue weighted by Crippen LogP contribution is -2.48. The molecule has 5 nitrogen and oxygen atoms in total. The third kappa shape index (κ3) is 2.41. The second kappa shape index (κ2) is 4.65. The Bertz CT molecular complexity index is 375. The zero-order valence-electron chi connectivity index (χ0n) is 9.39. The molecule has 2 rings (SSSR count). The van der Waals surface area contributed by atoms with Gasteiger partial charge in [0.15, 0.2) is 0 Å². The molecule has 1 aliphatic rings. The molecule has 1 aromatic heterocycles. The maximum Gasteiger partial charge on any atom is 0.308 e. The first kappa shape index (κ1) is 11.1. The van der Waals surface area contributed by atoms with Crippen LogP contribution in [0, 0.1) is 5.92 Å². The van der Waals surface area contributed by atoms with Gasteiger partial charge in [0.2, 0.25) is 0 Å². The molecule has 0 radical (unpaired) electrons. The molecule has 0 aliphatic heterocycles. The van der Waals surface area contributed by atoms with E-state index < -0.39 is 5.97 Å². The molecular formula is C11H17N3O2. The van der Waals surface area contributed by atoms with Gasteiger partial charge in [0.25, 0.3) is 0 Å². The number of hydrogen-bond acceptors (Lipinski definition) is 3. The van der Waals surface area contributed by atoms with Crippen molar-refractivity contribution in [3.63, 3.8) is 0 Å². The van der Waals surface area contributed by atoms with Gasteiger partial charge < -0.3 is 10.4 Å². The summed E-state index contributed by atoms with van der Waals surface area (Å²) in [5.74, 6) is -0.870. The molecule has 0 spiro atoms. The zero-order valence-corrected chi connectivity index (χ0v) is 9.39. The molecule has 2 unspecified atom stereocenters. The second-order valence-corrected chi connectivity index (χ2v) is 4.31. The summed E-state index contributed by atoms with van der Waals surface area (Å²) < 4.78 is 1.78. The molecule has 2 atom stereocenters. The summed E-state index contributed by atoms with van der Waals surface area (Å²) >= 11 is 0. The standard InChI is InChI=1S/C11H17N3O2/c1-14-7-5-8(13-14)4-6-12-10-3-2-9(10)11(15)16/h5,7,9-10,12H,2-4,6H2,1H3,(H,15,16). The Morgan fingerprint density at radius 3 is 3.00 bits per heavy atom. The van der Waals surface area contributed by atoms with Gasteiger partial charge in [0.05, 0.1) is 11.6 Å². The first-order chi connectivity index (χ1) is 7.66.